The zero-order chi connectivity index (χ0) is 25.5. The number of amides is 2. The molecular weight excluding hydrogens is 497 g/mol. The van der Waals surface area contributed by atoms with Gasteiger partial charge in [-0.25, -0.2) is 18.7 Å². The van der Waals surface area contributed by atoms with Crippen molar-refractivity contribution in [1.29, 1.82) is 0 Å². The molecule has 190 valence electrons. The van der Waals surface area contributed by atoms with Crippen molar-refractivity contribution < 1.29 is 36.6 Å². The highest BCUT2D eigenvalue weighted by Crippen LogP contribution is 2.36. The number of halogens is 5. The van der Waals surface area contributed by atoms with Crippen LogP contribution in [0.15, 0.2) is 16.8 Å². The number of nitrogens with two attached hydrogens (primary N) is 1. The normalized spacial score (nSPS) is 21.1. The molecule has 0 radical (unpaired) electrons. The summed E-state index contributed by atoms with van der Waals surface area (Å²) in [4.78, 5) is 34.6. The second kappa shape index (κ2) is 9.39. The van der Waals surface area contributed by atoms with Crippen LogP contribution < -0.4 is 5.73 Å². The maximum Gasteiger partial charge on any atom is 0.433 e. The average Bonchev–Trinajstić information content (AvgIpc) is 3.33. The van der Waals surface area contributed by atoms with E-state index < -0.39 is 61.3 Å². The van der Waals surface area contributed by atoms with E-state index in [4.69, 9.17) is 5.73 Å². The molecule has 2 amide bonds. The number of aliphatic hydroxyl groups excluding tert-OH is 1. The molecule has 1 saturated heterocycles. The largest absolute Gasteiger partial charge is 0.433 e. The Balaban J connectivity index is 1.48. The van der Waals surface area contributed by atoms with Crippen LogP contribution in [0.25, 0.3) is 11.4 Å². The minimum absolute atomic E-state index is 0.0356. The first-order chi connectivity index (χ1) is 16.4. The molecule has 0 spiro atoms. The molecule has 8 nitrogen and oxygen atoms in total. The molecule has 4 rings (SSSR count). The maximum atomic E-state index is 13.8. The highest BCUT2D eigenvalue weighted by Gasteiger charge is 2.48. The quantitative estimate of drug-likeness (QED) is 0.587. The van der Waals surface area contributed by atoms with Gasteiger partial charge in [-0.15, -0.1) is 0 Å². The molecule has 2 aromatic rings. The summed E-state index contributed by atoms with van der Waals surface area (Å²) in [6.07, 6.45) is -8.74. The zero-order valence-electron chi connectivity index (χ0n) is 18.3. The van der Waals surface area contributed by atoms with E-state index in [-0.39, 0.29) is 43.0 Å². The Bertz CT molecular complexity index is 1110. The summed E-state index contributed by atoms with van der Waals surface area (Å²) >= 11 is 1.28. The molecule has 0 bridgehead atoms. The first-order valence-electron chi connectivity index (χ1n) is 10.7. The summed E-state index contributed by atoms with van der Waals surface area (Å²) in [5.41, 5.74) is 5.31. The van der Waals surface area contributed by atoms with Gasteiger partial charge in [-0.2, -0.15) is 24.5 Å². The fraction of sp³-hybridized carbons (Fsp3) is 0.524. The number of nitrogens with zero attached hydrogens (tertiary/aromatic N) is 4. The van der Waals surface area contributed by atoms with E-state index in [1.165, 1.54) is 16.2 Å². The zero-order valence-corrected chi connectivity index (χ0v) is 19.1. The predicted molar refractivity (Wildman–Crippen MR) is 114 cm³/mol. The Kier molecular flexibility index (Phi) is 6.81. The Hall–Kier alpha value is -2.71. The van der Waals surface area contributed by atoms with E-state index in [1.54, 1.807) is 16.8 Å². The Morgan fingerprint density at radius 3 is 2.71 bits per heavy atom. The first-order valence-corrected chi connectivity index (χ1v) is 11.7. The molecule has 14 heteroatoms. The topological polar surface area (TPSA) is 113 Å². The molecule has 4 heterocycles. The van der Waals surface area contributed by atoms with Gasteiger partial charge in [-0.3, -0.25) is 9.59 Å². The standard InChI is InChI=1S/C21H22F5N5O3S/c22-20(23)4-1-15(32)31(19(20)34)8-12(27)7-16(33)30-5-2-13-14(9-30)28-18(11-3-6-35-10-11)29-17(13)21(24,25)26/h3,6,10,12,19,34H,1-2,4-5,7-9,27H2/t12-,19?/m0/s1. The number of likely N-dealkylation sites (tertiary alicyclic amines) is 1. The number of thiophene rings is 1. The van der Waals surface area contributed by atoms with Gasteiger partial charge < -0.3 is 20.6 Å². The third kappa shape index (κ3) is 5.28. The summed E-state index contributed by atoms with van der Waals surface area (Å²) in [6, 6.07) is 0.533. The van der Waals surface area contributed by atoms with Crippen LogP contribution in [-0.2, 0) is 28.7 Å². The number of aromatic nitrogens is 2. The van der Waals surface area contributed by atoms with Gasteiger partial charge in [-0.1, -0.05) is 0 Å². The van der Waals surface area contributed by atoms with E-state index in [1.807, 2.05) is 0 Å². The molecule has 1 fully saturated rings. The van der Waals surface area contributed by atoms with E-state index in [2.05, 4.69) is 9.97 Å². The number of fused-ring (bicyclic) bond motifs is 1. The van der Waals surface area contributed by atoms with Gasteiger partial charge in [0.1, 0.15) is 0 Å². The van der Waals surface area contributed by atoms with Crippen molar-refractivity contribution in [2.75, 3.05) is 13.1 Å². The van der Waals surface area contributed by atoms with Gasteiger partial charge in [-0.05, 0) is 17.9 Å². The molecule has 2 aliphatic rings. The molecule has 35 heavy (non-hydrogen) atoms. The van der Waals surface area contributed by atoms with Gasteiger partial charge in [0.05, 0.1) is 12.2 Å². The second-order valence-corrected chi connectivity index (χ2v) is 9.32. The van der Waals surface area contributed by atoms with Crippen LogP contribution in [0.2, 0.25) is 0 Å². The molecule has 3 N–H and O–H groups in total. The molecular formula is C21H22F5N5O3S. The van der Waals surface area contributed by atoms with Crippen molar-refractivity contribution in [1.82, 2.24) is 19.8 Å². The lowest BCUT2D eigenvalue weighted by atomic mass is 10.0. The molecule has 0 aliphatic carbocycles. The lowest BCUT2D eigenvalue weighted by Gasteiger charge is -2.38. The van der Waals surface area contributed by atoms with Crippen molar-refractivity contribution in [3.8, 4) is 11.4 Å². The number of piperidine rings is 1. The van der Waals surface area contributed by atoms with Crippen LogP contribution in [0.1, 0.15) is 36.2 Å². The summed E-state index contributed by atoms with van der Waals surface area (Å²) in [6.45, 7) is -0.701. The lowest BCUT2D eigenvalue weighted by molar-refractivity contribution is -0.205. The smallest absolute Gasteiger partial charge is 0.368 e. The molecule has 2 aromatic heterocycles. The first kappa shape index (κ1) is 25.4. The van der Waals surface area contributed by atoms with Crippen LogP contribution in [0, 0.1) is 0 Å². The van der Waals surface area contributed by atoms with E-state index >= 15 is 0 Å². The number of carbonyl (C=O) groups is 2. The van der Waals surface area contributed by atoms with Crippen molar-refractivity contribution in [3.05, 3.63) is 33.8 Å². The Morgan fingerprint density at radius 1 is 1.31 bits per heavy atom. The number of aliphatic hydroxyl groups is 1. The predicted octanol–water partition coefficient (Wildman–Crippen LogP) is 2.40. The lowest BCUT2D eigenvalue weighted by Crippen LogP contribution is -2.58. The number of carbonyl (C=O) groups excluding carboxylic acids is 2. The summed E-state index contributed by atoms with van der Waals surface area (Å²) in [5.74, 6) is -4.81. The van der Waals surface area contributed by atoms with Crippen molar-refractivity contribution in [2.24, 2.45) is 5.73 Å². The van der Waals surface area contributed by atoms with Gasteiger partial charge in [0.15, 0.2) is 17.7 Å². The van der Waals surface area contributed by atoms with Crippen molar-refractivity contribution >= 4 is 23.2 Å². The third-order valence-corrected chi connectivity index (χ3v) is 6.68. The summed E-state index contributed by atoms with van der Waals surface area (Å²) in [7, 11) is 0. The van der Waals surface area contributed by atoms with Gasteiger partial charge in [0, 0.05) is 54.9 Å². The molecule has 2 atom stereocenters. The maximum absolute atomic E-state index is 13.8. The highest BCUT2D eigenvalue weighted by molar-refractivity contribution is 7.08. The number of hydrogen-bond acceptors (Lipinski definition) is 7. The second-order valence-electron chi connectivity index (χ2n) is 8.54. The minimum Gasteiger partial charge on any atom is -0.368 e. The van der Waals surface area contributed by atoms with Crippen LogP contribution in [-0.4, -0.2) is 68.0 Å². The highest BCUT2D eigenvalue weighted by atomic mass is 32.1. The molecule has 0 saturated carbocycles. The van der Waals surface area contributed by atoms with E-state index in [0.717, 1.165) is 0 Å². The summed E-state index contributed by atoms with van der Waals surface area (Å²) in [5, 5.41) is 13.1. The van der Waals surface area contributed by atoms with Crippen LogP contribution in [0.3, 0.4) is 0 Å². The monoisotopic (exact) mass is 519 g/mol. The summed E-state index contributed by atoms with van der Waals surface area (Å²) < 4.78 is 68.6. The molecule has 2 aliphatic heterocycles. The molecule has 1 unspecified atom stereocenters. The van der Waals surface area contributed by atoms with Gasteiger partial charge in [0.25, 0.3) is 5.92 Å². The van der Waals surface area contributed by atoms with Crippen LogP contribution >= 0.6 is 11.3 Å². The minimum atomic E-state index is -4.70. The van der Waals surface area contributed by atoms with E-state index in [0.29, 0.717) is 10.5 Å². The number of alkyl halides is 5. The number of rotatable bonds is 5. The van der Waals surface area contributed by atoms with Gasteiger partial charge >= 0.3 is 6.18 Å². The van der Waals surface area contributed by atoms with Gasteiger partial charge in [0.2, 0.25) is 11.8 Å². The van der Waals surface area contributed by atoms with Crippen LogP contribution in [0.4, 0.5) is 22.0 Å². The van der Waals surface area contributed by atoms with Crippen LogP contribution in [0.5, 0.6) is 0 Å². The Labute approximate surface area is 200 Å². The third-order valence-electron chi connectivity index (χ3n) is 6.00. The Morgan fingerprint density at radius 2 is 2.06 bits per heavy atom. The van der Waals surface area contributed by atoms with Crippen molar-refractivity contribution in [2.45, 2.75) is 56.6 Å². The molecule has 0 aromatic carbocycles. The number of hydrogen-bond donors (Lipinski definition) is 2. The van der Waals surface area contributed by atoms with Crippen molar-refractivity contribution in [3.63, 3.8) is 0 Å². The fourth-order valence-electron chi connectivity index (χ4n) is 4.18. The van der Waals surface area contributed by atoms with E-state index in [9.17, 15) is 36.6 Å². The average molecular weight is 519 g/mol. The SMILES string of the molecule is N[C@@H](CC(=O)N1CCc2c(nc(-c3ccsc3)nc2C(F)(F)F)C1)CN1C(=O)CCC(F)(F)C1O. The fourth-order valence-corrected chi connectivity index (χ4v) is 4.82.